The third-order valence-electron chi connectivity index (χ3n) is 4.46. The van der Waals surface area contributed by atoms with E-state index in [2.05, 4.69) is 39.2 Å². The van der Waals surface area contributed by atoms with E-state index in [9.17, 15) is 9.90 Å². The van der Waals surface area contributed by atoms with Gasteiger partial charge >= 0.3 is 5.97 Å². The van der Waals surface area contributed by atoms with Crippen molar-refractivity contribution in [1.82, 2.24) is 20.2 Å². The van der Waals surface area contributed by atoms with Crippen molar-refractivity contribution in [3.63, 3.8) is 0 Å². The number of fused-ring (bicyclic) bond motifs is 1. The standard InChI is InChI=1S/C20H18N4O3S/c1-3-5-11-6-4-7-13-16(11)23-24-17(13)15-10-22-19(28-15)12-8-14(27-2)18(20(25)26)21-9-12/h4,6-10H,3,5H2,1-2H3,(H,23,24)(H,25,26). The minimum Gasteiger partial charge on any atom is -0.494 e. The van der Waals surface area contributed by atoms with Crippen molar-refractivity contribution in [2.45, 2.75) is 19.8 Å². The number of thiazole rings is 1. The number of nitrogens with zero attached hydrogens (tertiary/aromatic N) is 3. The number of carbonyl (C=O) groups is 1. The Balaban J connectivity index is 1.74. The van der Waals surface area contributed by atoms with Crippen molar-refractivity contribution < 1.29 is 14.6 Å². The van der Waals surface area contributed by atoms with E-state index in [0.717, 1.165) is 39.3 Å². The van der Waals surface area contributed by atoms with Gasteiger partial charge in [-0.1, -0.05) is 31.5 Å². The molecule has 0 aliphatic heterocycles. The molecule has 0 aliphatic rings. The molecule has 8 heteroatoms. The van der Waals surface area contributed by atoms with Crippen molar-refractivity contribution in [3.8, 4) is 26.9 Å². The van der Waals surface area contributed by atoms with Gasteiger partial charge in [0.15, 0.2) is 11.4 Å². The molecule has 0 aliphatic carbocycles. The SMILES string of the molecule is CCCc1cccc2c(-c3cnc(-c4cnc(C(=O)O)c(OC)c4)s3)[nH]nc12. The molecule has 2 N–H and O–H groups in total. The van der Waals surface area contributed by atoms with Gasteiger partial charge in [-0.05, 0) is 18.1 Å². The number of aryl methyl sites for hydroxylation is 1. The topological polar surface area (TPSA) is 101 Å². The maximum Gasteiger partial charge on any atom is 0.358 e. The summed E-state index contributed by atoms with van der Waals surface area (Å²) in [5.74, 6) is -0.923. The molecule has 4 aromatic rings. The molecule has 0 atom stereocenters. The monoisotopic (exact) mass is 394 g/mol. The maximum absolute atomic E-state index is 11.2. The number of aromatic carboxylic acids is 1. The highest BCUT2D eigenvalue weighted by Crippen LogP contribution is 2.36. The zero-order chi connectivity index (χ0) is 19.7. The van der Waals surface area contributed by atoms with Crippen LogP contribution in [0, 0.1) is 0 Å². The number of methoxy groups -OCH3 is 1. The molecule has 142 valence electrons. The van der Waals surface area contributed by atoms with E-state index in [0.29, 0.717) is 5.56 Å². The van der Waals surface area contributed by atoms with Crippen molar-refractivity contribution >= 4 is 28.2 Å². The number of benzene rings is 1. The van der Waals surface area contributed by atoms with Crippen molar-refractivity contribution in [2.24, 2.45) is 0 Å². The molecule has 0 amide bonds. The highest BCUT2D eigenvalue weighted by Gasteiger charge is 2.17. The number of rotatable bonds is 6. The molecule has 0 saturated heterocycles. The van der Waals surface area contributed by atoms with E-state index in [1.54, 1.807) is 12.3 Å². The predicted molar refractivity (Wildman–Crippen MR) is 108 cm³/mol. The summed E-state index contributed by atoms with van der Waals surface area (Å²) in [6.07, 6.45) is 5.33. The van der Waals surface area contributed by atoms with E-state index >= 15 is 0 Å². The number of carboxylic acids is 1. The number of H-pyrrole nitrogens is 1. The minimum absolute atomic E-state index is 0.119. The molecule has 1 aromatic carbocycles. The second kappa shape index (κ2) is 7.40. The number of para-hydroxylation sites is 1. The first-order valence-corrected chi connectivity index (χ1v) is 9.64. The van der Waals surface area contributed by atoms with Gasteiger partial charge in [0.2, 0.25) is 0 Å². The van der Waals surface area contributed by atoms with Crippen LogP contribution < -0.4 is 4.74 Å². The Morgan fingerprint density at radius 1 is 1.29 bits per heavy atom. The first-order chi connectivity index (χ1) is 13.6. The lowest BCUT2D eigenvalue weighted by atomic mass is 10.1. The lowest BCUT2D eigenvalue weighted by molar-refractivity contribution is 0.0686. The molecular weight excluding hydrogens is 376 g/mol. The van der Waals surface area contributed by atoms with Crippen LogP contribution >= 0.6 is 11.3 Å². The molecular formula is C20H18N4O3S. The Hall–Kier alpha value is -3.26. The lowest BCUT2D eigenvalue weighted by Crippen LogP contribution is -2.03. The summed E-state index contributed by atoms with van der Waals surface area (Å²) in [4.78, 5) is 20.7. The fourth-order valence-electron chi connectivity index (χ4n) is 3.16. The molecule has 0 unspecified atom stereocenters. The molecule has 4 rings (SSSR count). The molecule has 0 spiro atoms. The van der Waals surface area contributed by atoms with E-state index in [1.807, 2.05) is 6.07 Å². The molecule has 0 fully saturated rings. The van der Waals surface area contributed by atoms with Crippen LogP contribution in [0.3, 0.4) is 0 Å². The summed E-state index contributed by atoms with van der Waals surface area (Å²) < 4.78 is 5.16. The van der Waals surface area contributed by atoms with Crippen molar-refractivity contribution in [1.29, 1.82) is 0 Å². The molecule has 28 heavy (non-hydrogen) atoms. The Bertz CT molecular complexity index is 1170. The molecule has 0 radical (unpaired) electrons. The van der Waals surface area contributed by atoms with Crippen LogP contribution in [0.4, 0.5) is 0 Å². The summed E-state index contributed by atoms with van der Waals surface area (Å²) in [7, 11) is 1.42. The first kappa shape index (κ1) is 18.1. The first-order valence-electron chi connectivity index (χ1n) is 8.82. The number of hydrogen-bond acceptors (Lipinski definition) is 6. The van der Waals surface area contributed by atoms with Crippen LogP contribution in [-0.2, 0) is 6.42 Å². The highest BCUT2D eigenvalue weighted by molar-refractivity contribution is 7.18. The normalized spacial score (nSPS) is 11.1. The highest BCUT2D eigenvalue weighted by atomic mass is 32.1. The van der Waals surface area contributed by atoms with Gasteiger partial charge < -0.3 is 9.84 Å². The Morgan fingerprint density at radius 3 is 2.89 bits per heavy atom. The van der Waals surface area contributed by atoms with Crippen LogP contribution in [-0.4, -0.2) is 38.4 Å². The van der Waals surface area contributed by atoms with Crippen molar-refractivity contribution in [2.75, 3.05) is 7.11 Å². The summed E-state index contributed by atoms with van der Waals surface area (Å²) in [5, 5.41) is 18.6. The number of aromatic nitrogens is 4. The van der Waals surface area contributed by atoms with Crippen LogP contribution in [0.5, 0.6) is 5.75 Å². The Labute approximate surface area is 165 Å². The predicted octanol–water partition coefficient (Wildman–Crippen LogP) is 4.41. The van der Waals surface area contributed by atoms with E-state index in [1.165, 1.54) is 30.2 Å². The number of hydrogen-bond donors (Lipinski definition) is 2. The third-order valence-corrected chi connectivity index (χ3v) is 5.53. The minimum atomic E-state index is -1.13. The molecule has 7 nitrogen and oxygen atoms in total. The van der Waals surface area contributed by atoms with Gasteiger partial charge in [0, 0.05) is 23.3 Å². The van der Waals surface area contributed by atoms with E-state index < -0.39 is 5.97 Å². The van der Waals surface area contributed by atoms with Crippen LogP contribution in [0.15, 0.2) is 36.7 Å². The van der Waals surface area contributed by atoms with Crippen LogP contribution in [0.2, 0.25) is 0 Å². The van der Waals surface area contributed by atoms with Gasteiger partial charge in [-0.25, -0.2) is 14.8 Å². The number of ether oxygens (including phenoxy) is 1. The Kier molecular flexibility index (Phi) is 4.79. The lowest BCUT2D eigenvalue weighted by Gasteiger charge is -2.05. The molecule has 3 aromatic heterocycles. The fourth-order valence-corrected chi connectivity index (χ4v) is 4.06. The zero-order valence-corrected chi connectivity index (χ0v) is 16.2. The molecule has 0 saturated carbocycles. The van der Waals surface area contributed by atoms with Gasteiger partial charge in [-0.3, -0.25) is 5.10 Å². The Morgan fingerprint density at radius 2 is 2.14 bits per heavy atom. The van der Waals surface area contributed by atoms with Gasteiger partial charge in [-0.2, -0.15) is 5.10 Å². The average Bonchev–Trinajstić information content (AvgIpc) is 3.35. The summed E-state index contributed by atoms with van der Waals surface area (Å²) in [5.41, 5.74) is 3.73. The number of nitrogens with one attached hydrogen (secondary N) is 1. The summed E-state index contributed by atoms with van der Waals surface area (Å²) >= 11 is 1.49. The van der Waals surface area contributed by atoms with Gasteiger partial charge in [0.25, 0.3) is 0 Å². The quantitative estimate of drug-likeness (QED) is 0.502. The molecule has 3 heterocycles. The molecule has 0 bridgehead atoms. The number of carboxylic acid groups (broad SMARTS) is 1. The van der Waals surface area contributed by atoms with Crippen LogP contribution in [0.25, 0.3) is 32.0 Å². The number of pyridine rings is 1. The second-order valence-corrected chi connectivity index (χ2v) is 7.30. The van der Waals surface area contributed by atoms with Gasteiger partial charge in [0.05, 0.1) is 23.2 Å². The average molecular weight is 394 g/mol. The van der Waals surface area contributed by atoms with Gasteiger partial charge in [0.1, 0.15) is 5.01 Å². The van der Waals surface area contributed by atoms with Crippen molar-refractivity contribution in [3.05, 3.63) is 47.9 Å². The number of aromatic amines is 1. The smallest absolute Gasteiger partial charge is 0.358 e. The summed E-state index contributed by atoms with van der Waals surface area (Å²) in [6, 6.07) is 7.85. The fraction of sp³-hybridized carbons (Fsp3) is 0.200. The second-order valence-electron chi connectivity index (χ2n) is 6.27. The van der Waals surface area contributed by atoms with E-state index in [-0.39, 0.29) is 11.4 Å². The zero-order valence-electron chi connectivity index (χ0n) is 15.4. The van der Waals surface area contributed by atoms with E-state index in [4.69, 9.17) is 4.74 Å². The maximum atomic E-state index is 11.2. The third kappa shape index (κ3) is 3.11. The van der Waals surface area contributed by atoms with Gasteiger partial charge in [-0.15, -0.1) is 11.3 Å². The largest absolute Gasteiger partial charge is 0.494 e. The van der Waals surface area contributed by atoms with Crippen LogP contribution in [0.1, 0.15) is 29.4 Å². The summed E-state index contributed by atoms with van der Waals surface area (Å²) in [6.45, 7) is 2.15.